The number of carbonyl (C=O) groups is 3. The van der Waals surface area contributed by atoms with Gasteiger partial charge in [0.2, 0.25) is 5.91 Å². The molecule has 0 spiro atoms. The van der Waals surface area contributed by atoms with Crippen molar-refractivity contribution in [3.05, 3.63) is 0 Å². The van der Waals surface area contributed by atoms with Gasteiger partial charge in [0, 0.05) is 19.5 Å². The minimum absolute atomic E-state index is 0.0166. The zero-order valence-corrected chi connectivity index (χ0v) is 12.5. The second-order valence-corrected chi connectivity index (χ2v) is 5.56. The van der Waals surface area contributed by atoms with Crippen LogP contribution in [0.3, 0.4) is 0 Å². The van der Waals surface area contributed by atoms with E-state index >= 15 is 0 Å². The Morgan fingerprint density at radius 2 is 1.95 bits per heavy atom. The van der Waals surface area contributed by atoms with Crippen LogP contribution in [0, 0.1) is 5.92 Å². The number of hydrogen-bond donors (Lipinski definition) is 3. The Labute approximate surface area is 124 Å². The number of nitrogens with one attached hydrogen (secondary N) is 1. The monoisotopic (exact) mass is 299 g/mol. The number of amides is 3. The van der Waals surface area contributed by atoms with Gasteiger partial charge in [-0.15, -0.1) is 0 Å². The topological polar surface area (TPSA) is 113 Å². The van der Waals surface area contributed by atoms with Crippen molar-refractivity contribution in [2.24, 2.45) is 11.7 Å². The number of nitrogens with zero attached hydrogens (tertiary/aromatic N) is 1. The van der Waals surface area contributed by atoms with Crippen LogP contribution in [0.2, 0.25) is 0 Å². The van der Waals surface area contributed by atoms with Crippen molar-refractivity contribution in [2.45, 2.75) is 51.5 Å². The Hall–Kier alpha value is -1.79. The summed E-state index contributed by atoms with van der Waals surface area (Å²) < 4.78 is 0. The fourth-order valence-corrected chi connectivity index (χ4v) is 2.62. The quantitative estimate of drug-likeness (QED) is 0.649. The summed E-state index contributed by atoms with van der Waals surface area (Å²) in [6, 6.07) is -1.44. The lowest BCUT2D eigenvalue weighted by Gasteiger charge is -2.32. The molecule has 0 aromatic rings. The third-order valence-corrected chi connectivity index (χ3v) is 3.87. The zero-order valence-electron chi connectivity index (χ0n) is 12.5. The van der Waals surface area contributed by atoms with Crippen LogP contribution < -0.4 is 11.1 Å². The second kappa shape index (κ2) is 8.49. The molecule has 1 aliphatic heterocycles. The van der Waals surface area contributed by atoms with Gasteiger partial charge in [-0.25, -0.2) is 9.59 Å². The molecule has 21 heavy (non-hydrogen) atoms. The molecular formula is C14H25N3O4. The Bertz CT molecular complexity index is 378. The summed E-state index contributed by atoms with van der Waals surface area (Å²) in [5.41, 5.74) is 5.00. The van der Waals surface area contributed by atoms with E-state index < -0.39 is 17.9 Å². The Morgan fingerprint density at radius 3 is 2.43 bits per heavy atom. The number of piperidine rings is 1. The summed E-state index contributed by atoms with van der Waals surface area (Å²) in [5, 5.41) is 11.5. The van der Waals surface area contributed by atoms with Gasteiger partial charge >= 0.3 is 12.0 Å². The van der Waals surface area contributed by atoms with Gasteiger partial charge in [-0.05, 0) is 25.2 Å². The number of primary amides is 1. The first kappa shape index (κ1) is 17.3. The van der Waals surface area contributed by atoms with Crippen LogP contribution >= 0.6 is 0 Å². The number of likely N-dealkylation sites (tertiary alicyclic amines) is 1. The fourth-order valence-electron chi connectivity index (χ4n) is 2.62. The first-order valence-electron chi connectivity index (χ1n) is 7.50. The lowest BCUT2D eigenvalue weighted by atomic mass is 9.93. The molecule has 0 aromatic carbocycles. The fraction of sp³-hybridized carbons (Fsp3) is 0.786. The largest absolute Gasteiger partial charge is 0.480 e. The van der Waals surface area contributed by atoms with Crippen molar-refractivity contribution in [3.63, 3.8) is 0 Å². The number of nitrogens with two attached hydrogens (primary N) is 1. The van der Waals surface area contributed by atoms with Crippen LogP contribution in [-0.2, 0) is 9.59 Å². The maximum atomic E-state index is 12.1. The van der Waals surface area contributed by atoms with Crippen LogP contribution in [-0.4, -0.2) is 47.0 Å². The molecule has 7 heteroatoms. The molecular weight excluding hydrogens is 274 g/mol. The molecule has 1 aliphatic rings. The Morgan fingerprint density at radius 1 is 1.33 bits per heavy atom. The van der Waals surface area contributed by atoms with E-state index in [4.69, 9.17) is 10.8 Å². The predicted octanol–water partition coefficient (Wildman–Crippen LogP) is 0.927. The number of rotatable bonds is 7. The normalized spacial score (nSPS) is 17.3. The van der Waals surface area contributed by atoms with E-state index in [1.54, 1.807) is 4.90 Å². The highest BCUT2D eigenvalue weighted by atomic mass is 16.4. The van der Waals surface area contributed by atoms with Crippen LogP contribution in [0.15, 0.2) is 0 Å². The lowest BCUT2D eigenvalue weighted by molar-refractivity contribution is -0.139. The third kappa shape index (κ3) is 6.01. The van der Waals surface area contributed by atoms with E-state index in [-0.39, 0.29) is 18.9 Å². The molecule has 4 N–H and O–H groups in total. The van der Waals surface area contributed by atoms with Crippen molar-refractivity contribution in [1.82, 2.24) is 10.2 Å². The van der Waals surface area contributed by atoms with Crippen LogP contribution in [0.5, 0.6) is 0 Å². The van der Waals surface area contributed by atoms with Gasteiger partial charge in [0.05, 0.1) is 0 Å². The van der Waals surface area contributed by atoms with E-state index in [0.717, 1.165) is 19.3 Å². The number of hydrogen-bond acceptors (Lipinski definition) is 3. The van der Waals surface area contributed by atoms with Gasteiger partial charge in [-0.2, -0.15) is 0 Å². The number of aliphatic carboxylic acids is 1. The minimum atomic E-state index is -1.15. The molecule has 0 saturated carbocycles. The third-order valence-electron chi connectivity index (χ3n) is 3.87. The number of carboxylic acid groups (broad SMARTS) is 1. The van der Waals surface area contributed by atoms with Gasteiger partial charge in [0.1, 0.15) is 6.04 Å². The summed E-state index contributed by atoms with van der Waals surface area (Å²) in [6.07, 6.45) is 4.19. The summed E-state index contributed by atoms with van der Waals surface area (Å²) in [6.45, 7) is 3.45. The molecule has 3 amide bonds. The molecule has 0 radical (unpaired) electrons. The molecule has 7 nitrogen and oxygen atoms in total. The smallest absolute Gasteiger partial charge is 0.326 e. The molecule has 1 rings (SSSR count). The van der Waals surface area contributed by atoms with Crippen molar-refractivity contribution in [3.8, 4) is 0 Å². The SMILES string of the molecule is CCCC1CCN(C(=O)NC(CCC(N)=O)C(=O)O)CC1. The van der Waals surface area contributed by atoms with E-state index in [9.17, 15) is 14.4 Å². The van der Waals surface area contributed by atoms with Crippen molar-refractivity contribution in [2.75, 3.05) is 13.1 Å². The first-order chi connectivity index (χ1) is 9.93. The highest BCUT2D eigenvalue weighted by Crippen LogP contribution is 2.21. The lowest BCUT2D eigenvalue weighted by Crippen LogP contribution is -2.50. The second-order valence-electron chi connectivity index (χ2n) is 5.56. The average Bonchev–Trinajstić information content (AvgIpc) is 2.43. The molecule has 120 valence electrons. The first-order valence-corrected chi connectivity index (χ1v) is 7.50. The van der Waals surface area contributed by atoms with Crippen molar-refractivity contribution >= 4 is 17.9 Å². The summed E-state index contributed by atoms with van der Waals surface area (Å²) in [5.74, 6) is -1.06. The highest BCUT2D eigenvalue weighted by molar-refractivity contribution is 5.83. The van der Waals surface area contributed by atoms with Gasteiger partial charge in [-0.1, -0.05) is 19.8 Å². The van der Waals surface area contributed by atoms with E-state index in [1.807, 2.05) is 0 Å². The Balaban J connectivity index is 2.43. The summed E-state index contributed by atoms with van der Waals surface area (Å²) in [7, 11) is 0. The van der Waals surface area contributed by atoms with Crippen molar-refractivity contribution in [1.29, 1.82) is 0 Å². The highest BCUT2D eigenvalue weighted by Gasteiger charge is 2.26. The molecule has 0 aromatic heterocycles. The molecule has 1 heterocycles. The molecule has 0 aliphatic carbocycles. The molecule has 1 atom stereocenters. The summed E-state index contributed by atoms with van der Waals surface area (Å²) >= 11 is 0. The molecule has 1 fully saturated rings. The number of urea groups is 1. The van der Waals surface area contributed by atoms with E-state index in [0.29, 0.717) is 19.0 Å². The predicted molar refractivity (Wildman–Crippen MR) is 77.6 cm³/mol. The average molecular weight is 299 g/mol. The van der Waals surface area contributed by atoms with Gasteiger partial charge < -0.3 is 21.1 Å². The molecule has 0 bridgehead atoms. The van der Waals surface area contributed by atoms with Crippen LogP contribution in [0.4, 0.5) is 4.79 Å². The van der Waals surface area contributed by atoms with Gasteiger partial charge in [-0.3, -0.25) is 4.79 Å². The molecule has 1 unspecified atom stereocenters. The Kier molecular flexibility index (Phi) is 6.98. The zero-order chi connectivity index (χ0) is 15.8. The maximum Gasteiger partial charge on any atom is 0.326 e. The number of carbonyl (C=O) groups excluding carboxylic acids is 2. The van der Waals surface area contributed by atoms with Crippen LogP contribution in [0.25, 0.3) is 0 Å². The minimum Gasteiger partial charge on any atom is -0.480 e. The summed E-state index contributed by atoms with van der Waals surface area (Å²) in [4.78, 5) is 35.5. The van der Waals surface area contributed by atoms with Crippen molar-refractivity contribution < 1.29 is 19.5 Å². The van der Waals surface area contributed by atoms with E-state index in [1.165, 1.54) is 6.42 Å². The van der Waals surface area contributed by atoms with E-state index in [2.05, 4.69) is 12.2 Å². The van der Waals surface area contributed by atoms with Crippen LogP contribution in [0.1, 0.15) is 45.4 Å². The number of carboxylic acids is 1. The molecule has 1 saturated heterocycles. The maximum absolute atomic E-state index is 12.1. The van der Waals surface area contributed by atoms with Gasteiger partial charge in [0.15, 0.2) is 0 Å². The standard InChI is InChI=1S/C14H25N3O4/c1-2-3-10-6-8-17(9-7-10)14(21)16-11(13(19)20)4-5-12(15)18/h10-11H,2-9H2,1H3,(H2,15,18)(H,16,21)(H,19,20). The van der Waals surface area contributed by atoms with Gasteiger partial charge in [0.25, 0.3) is 0 Å².